The molecule has 0 saturated carbocycles. The van der Waals surface area contributed by atoms with Crippen molar-refractivity contribution in [1.29, 1.82) is 0 Å². The van der Waals surface area contributed by atoms with Gasteiger partial charge in [0.1, 0.15) is 0 Å². The summed E-state index contributed by atoms with van der Waals surface area (Å²) in [6, 6.07) is 7.64. The molecule has 4 nitrogen and oxygen atoms in total. The summed E-state index contributed by atoms with van der Waals surface area (Å²) in [6.07, 6.45) is 0. The summed E-state index contributed by atoms with van der Waals surface area (Å²) in [5.74, 6) is -0.0152. The van der Waals surface area contributed by atoms with Crippen LogP contribution in [0.25, 0.3) is 0 Å². The molecule has 120 valence electrons. The summed E-state index contributed by atoms with van der Waals surface area (Å²) in [5, 5.41) is 2.94. The van der Waals surface area contributed by atoms with Crippen molar-refractivity contribution in [2.24, 2.45) is 5.41 Å². The molecule has 1 aromatic carbocycles. The molecule has 0 aromatic heterocycles. The van der Waals surface area contributed by atoms with Gasteiger partial charge in [0.2, 0.25) is 5.91 Å². The third-order valence-corrected chi connectivity index (χ3v) is 4.35. The highest BCUT2D eigenvalue weighted by Crippen LogP contribution is 2.36. The molecule has 0 spiro atoms. The van der Waals surface area contributed by atoms with Crippen molar-refractivity contribution in [1.82, 2.24) is 0 Å². The van der Waals surface area contributed by atoms with Crippen molar-refractivity contribution in [3.63, 3.8) is 0 Å². The standard InChI is InChI=1S/C17H26BNO3/c1-15(2,3)14(20)19-13-10-8-9-12(11-13)18-21-16(4,5)17(6,7)22-18/h8-11H,1-7H3,(H,19,20). The summed E-state index contributed by atoms with van der Waals surface area (Å²) in [7, 11) is -0.420. The van der Waals surface area contributed by atoms with E-state index in [1.807, 2.05) is 72.7 Å². The number of carbonyl (C=O) groups excluding carboxylic acids is 1. The lowest BCUT2D eigenvalue weighted by Crippen LogP contribution is -2.41. The predicted molar refractivity (Wildman–Crippen MR) is 90.2 cm³/mol. The summed E-state index contributed by atoms with van der Waals surface area (Å²) in [5.41, 5.74) is 0.489. The number of hydrogen-bond donors (Lipinski definition) is 1. The van der Waals surface area contributed by atoms with E-state index in [2.05, 4.69) is 5.32 Å². The summed E-state index contributed by atoms with van der Waals surface area (Å²) in [4.78, 5) is 12.1. The van der Waals surface area contributed by atoms with Crippen molar-refractivity contribution < 1.29 is 14.1 Å². The molecule has 0 unspecified atom stereocenters. The maximum atomic E-state index is 12.1. The fourth-order valence-corrected chi connectivity index (χ4v) is 2.06. The first-order chi connectivity index (χ1) is 9.92. The van der Waals surface area contributed by atoms with E-state index in [1.165, 1.54) is 0 Å². The van der Waals surface area contributed by atoms with E-state index in [0.29, 0.717) is 0 Å². The molecule has 1 saturated heterocycles. The SMILES string of the molecule is CC(C)(C)C(=O)Nc1cccc(B2OC(C)(C)C(C)(C)O2)c1. The van der Waals surface area contributed by atoms with E-state index in [-0.39, 0.29) is 17.1 Å². The molecular weight excluding hydrogens is 277 g/mol. The van der Waals surface area contributed by atoms with E-state index in [1.54, 1.807) is 0 Å². The Labute approximate surface area is 133 Å². The number of carbonyl (C=O) groups is 1. The van der Waals surface area contributed by atoms with Crippen molar-refractivity contribution >= 4 is 24.2 Å². The van der Waals surface area contributed by atoms with Crippen LogP contribution in [0.5, 0.6) is 0 Å². The van der Waals surface area contributed by atoms with E-state index < -0.39 is 12.5 Å². The Bertz CT molecular complexity index is 560. The van der Waals surface area contributed by atoms with Crippen LogP contribution in [0.2, 0.25) is 0 Å². The zero-order valence-corrected chi connectivity index (χ0v) is 14.6. The van der Waals surface area contributed by atoms with E-state index in [4.69, 9.17) is 9.31 Å². The van der Waals surface area contributed by atoms with Crippen molar-refractivity contribution in [2.75, 3.05) is 5.32 Å². The molecule has 2 rings (SSSR count). The van der Waals surface area contributed by atoms with Crippen LogP contribution < -0.4 is 10.8 Å². The van der Waals surface area contributed by atoms with E-state index in [9.17, 15) is 4.79 Å². The minimum absolute atomic E-state index is 0.0152. The second-order valence-electron chi connectivity index (χ2n) is 7.92. The molecule has 1 N–H and O–H groups in total. The molecule has 1 amide bonds. The van der Waals surface area contributed by atoms with Crippen LogP contribution in [0, 0.1) is 5.41 Å². The van der Waals surface area contributed by atoms with Crippen LogP contribution in [-0.2, 0) is 14.1 Å². The quantitative estimate of drug-likeness (QED) is 0.855. The molecule has 1 aliphatic rings. The van der Waals surface area contributed by atoms with Crippen LogP contribution in [0.3, 0.4) is 0 Å². The minimum atomic E-state index is -0.430. The Morgan fingerprint density at radius 2 is 1.64 bits per heavy atom. The van der Waals surface area contributed by atoms with Gasteiger partial charge < -0.3 is 14.6 Å². The molecule has 0 radical (unpaired) electrons. The summed E-state index contributed by atoms with van der Waals surface area (Å²) in [6.45, 7) is 13.8. The number of benzene rings is 1. The molecular formula is C17H26BNO3. The minimum Gasteiger partial charge on any atom is -0.399 e. The molecule has 1 aliphatic heterocycles. The third kappa shape index (κ3) is 3.36. The summed E-state index contributed by atoms with van der Waals surface area (Å²) < 4.78 is 12.1. The van der Waals surface area contributed by atoms with Crippen molar-refractivity contribution in [3.8, 4) is 0 Å². The monoisotopic (exact) mass is 303 g/mol. The first-order valence-electron chi connectivity index (χ1n) is 7.69. The van der Waals surface area contributed by atoms with Crippen LogP contribution in [-0.4, -0.2) is 24.2 Å². The molecule has 0 bridgehead atoms. The number of nitrogens with one attached hydrogen (secondary N) is 1. The Kier molecular flexibility index (Phi) is 4.17. The fraction of sp³-hybridized carbons (Fsp3) is 0.588. The van der Waals surface area contributed by atoms with E-state index in [0.717, 1.165) is 11.2 Å². The van der Waals surface area contributed by atoms with Crippen LogP contribution in [0.1, 0.15) is 48.5 Å². The Balaban J connectivity index is 2.18. The van der Waals surface area contributed by atoms with Gasteiger partial charge in [0.15, 0.2) is 0 Å². The number of rotatable bonds is 2. The second kappa shape index (κ2) is 5.39. The van der Waals surface area contributed by atoms with Gasteiger partial charge in [0, 0.05) is 11.1 Å². The van der Waals surface area contributed by atoms with Crippen LogP contribution >= 0.6 is 0 Å². The van der Waals surface area contributed by atoms with Gasteiger partial charge in [0.05, 0.1) is 11.2 Å². The molecule has 1 fully saturated rings. The molecule has 1 aromatic rings. The maximum absolute atomic E-state index is 12.1. The van der Waals surface area contributed by atoms with Gasteiger partial charge in [-0.3, -0.25) is 4.79 Å². The zero-order chi connectivity index (χ0) is 16.8. The van der Waals surface area contributed by atoms with Gasteiger partial charge in [-0.1, -0.05) is 32.9 Å². The van der Waals surface area contributed by atoms with Gasteiger partial charge in [0.25, 0.3) is 0 Å². The van der Waals surface area contributed by atoms with Gasteiger partial charge in [-0.15, -0.1) is 0 Å². The lowest BCUT2D eigenvalue weighted by atomic mass is 9.79. The Morgan fingerprint density at radius 3 is 2.14 bits per heavy atom. The van der Waals surface area contributed by atoms with E-state index >= 15 is 0 Å². The highest BCUT2D eigenvalue weighted by molar-refractivity contribution is 6.62. The zero-order valence-electron chi connectivity index (χ0n) is 14.6. The third-order valence-electron chi connectivity index (χ3n) is 4.35. The maximum Gasteiger partial charge on any atom is 0.494 e. The van der Waals surface area contributed by atoms with Gasteiger partial charge >= 0.3 is 7.12 Å². The Hall–Kier alpha value is -1.33. The highest BCUT2D eigenvalue weighted by Gasteiger charge is 2.51. The lowest BCUT2D eigenvalue weighted by Gasteiger charge is -2.32. The molecule has 0 atom stereocenters. The molecule has 0 aliphatic carbocycles. The number of anilines is 1. The molecule has 5 heteroatoms. The lowest BCUT2D eigenvalue weighted by molar-refractivity contribution is -0.123. The second-order valence-corrected chi connectivity index (χ2v) is 7.92. The van der Waals surface area contributed by atoms with Crippen molar-refractivity contribution in [2.45, 2.75) is 59.7 Å². The largest absolute Gasteiger partial charge is 0.494 e. The average Bonchev–Trinajstić information content (AvgIpc) is 2.57. The van der Waals surface area contributed by atoms with Gasteiger partial charge in [-0.05, 0) is 45.3 Å². The fourth-order valence-electron chi connectivity index (χ4n) is 2.06. The summed E-state index contributed by atoms with van der Waals surface area (Å²) >= 11 is 0. The van der Waals surface area contributed by atoms with Gasteiger partial charge in [-0.2, -0.15) is 0 Å². The smallest absolute Gasteiger partial charge is 0.399 e. The van der Waals surface area contributed by atoms with Crippen LogP contribution in [0.4, 0.5) is 5.69 Å². The Morgan fingerprint density at radius 1 is 1.09 bits per heavy atom. The number of hydrogen-bond acceptors (Lipinski definition) is 3. The van der Waals surface area contributed by atoms with Gasteiger partial charge in [-0.25, -0.2) is 0 Å². The first kappa shape index (κ1) is 17.0. The number of amides is 1. The van der Waals surface area contributed by atoms with Crippen molar-refractivity contribution in [3.05, 3.63) is 24.3 Å². The normalized spacial score (nSPS) is 20.0. The highest BCUT2D eigenvalue weighted by atomic mass is 16.7. The topological polar surface area (TPSA) is 47.6 Å². The molecule has 22 heavy (non-hydrogen) atoms. The predicted octanol–water partition coefficient (Wildman–Crippen LogP) is 2.97. The first-order valence-corrected chi connectivity index (χ1v) is 7.69. The molecule has 1 heterocycles. The van der Waals surface area contributed by atoms with Crippen LogP contribution in [0.15, 0.2) is 24.3 Å². The average molecular weight is 303 g/mol.